The molecule has 136 valence electrons. The highest BCUT2D eigenvalue weighted by molar-refractivity contribution is 5.54. The summed E-state index contributed by atoms with van der Waals surface area (Å²) < 4.78 is 15.4. The van der Waals surface area contributed by atoms with Gasteiger partial charge >= 0.3 is 0 Å². The van der Waals surface area contributed by atoms with Gasteiger partial charge in [0.15, 0.2) is 5.82 Å². The van der Waals surface area contributed by atoms with E-state index in [9.17, 15) is 4.39 Å². The van der Waals surface area contributed by atoms with Crippen molar-refractivity contribution in [2.24, 2.45) is 0 Å². The van der Waals surface area contributed by atoms with Crippen molar-refractivity contribution in [3.8, 4) is 11.9 Å². The third-order valence-corrected chi connectivity index (χ3v) is 4.53. The summed E-state index contributed by atoms with van der Waals surface area (Å²) in [6.07, 6.45) is 3.56. The number of benzene rings is 1. The zero-order chi connectivity index (χ0) is 18.8. The number of hydrogen-bond acceptors (Lipinski definition) is 6. The predicted octanol–water partition coefficient (Wildman–Crippen LogP) is 2.31. The SMILES string of the molecule is Cc1nc(N2CCN(c3cc(F)cc(C#N)c3)CC2)cc(-n2cccn2)n1. The minimum atomic E-state index is -0.387. The van der Waals surface area contributed by atoms with Gasteiger partial charge in [-0.2, -0.15) is 10.4 Å². The van der Waals surface area contributed by atoms with Crippen molar-refractivity contribution in [2.75, 3.05) is 36.0 Å². The summed E-state index contributed by atoms with van der Waals surface area (Å²) in [6.45, 7) is 4.78. The first-order valence-corrected chi connectivity index (χ1v) is 8.69. The summed E-state index contributed by atoms with van der Waals surface area (Å²) in [4.78, 5) is 13.3. The lowest BCUT2D eigenvalue weighted by molar-refractivity contribution is 0.618. The van der Waals surface area contributed by atoms with Gasteiger partial charge in [-0.3, -0.25) is 0 Å². The molecule has 7 nitrogen and oxygen atoms in total. The molecule has 0 spiro atoms. The Morgan fingerprint density at radius 3 is 2.44 bits per heavy atom. The Morgan fingerprint density at radius 1 is 1.00 bits per heavy atom. The molecule has 0 amide bonds. The first-order valence-electron chi connectivity index (χ1n) is 8.69. The minimum absolute atomic E-state index is 0.336. The number of anilines is 2. The van der Waals surface area contributed by atoms with Crippen LogP contribution in [-0.2, 0) is 0 Å². The van der Waals surface area contributed by atoms with Gasteiger partial charge in [0.25, 0.3) is 0 Å². The van der Waals surface area contributed by atoms with E-state index >= 15 is 0 Å². The van der Waals surface area contributed by atoms with Gasteiger partial charge < -0.3 is 9.80 Å². The fourth-order valence-electron chi connectivity index (χ4n) is 3.24. The molecule has 0 atom stereocenters. The highest BCUT2D eigenvalue weighted by atomic mass is 19.1. The molecule has 4 rings (SSSR count). The van der Waals surface area contributed by atoms with E-state index in [1.54, 1.807) is 16.9 Å². The first kappa shape index (κ1) is 17.0. The van der Waals surface area contributed by atoms with Gasteiger partial charge in [0.05, 0.1) is 11.6 Å². The number of aromatic nitrogens is 4. The fourth-order valence-corrected chi connectivity index (χ4v) is 3.24. The molecule has 0 bridgehead atoms. The predicted molar refractivity (Wildman–Crippen MR) is 99.4 cm³/mol. The van der Waals surface area contributed by atoms with E-state index in [0.717, 1.165) is 30.4 Å². The van der Waals surface area contributed by atoms with Crippen LogP contribution in [0.25, 0.3) is 5.82 Å². The molecule has 8 heteroatoms. The Hall–Kier alpha value is -3.47. The van der Waals surface area contributed by atoms with E-state index in [0.29, 0.717) is 24.5 Å². The maximum absolute atomic E-state index is 13.7. The van der Waals surface area contributed by atoms with Gasteiger partial charge in [0.2, 0.25) is 0 Å². The Labute approximate surface area is 156 Å². The number of aryl methyl sites for hydroxylation is 1. The van der Waals surface area contributed by atoms with Crippen molar-refractivity contribution in [3.63, 3.8) is 0 Å². The van der Waals surface area contributed by atoms with E-state index < -0.39 is 0 Å². The summed E-state index contributed by atoms with van der Waals surface area (Å²) in [5.74, 6) is 1.88. The average molecular weight is 363 g/mol. The largest absolute Gasteiger partial charge is 0.368 e. The number of nitrogens with zero attached hydrogens (tertiary/aromatic N) is 7. The van der Waals surface area contributed by atoms with Crippen LogP contribution in [0.15, 0.2) is 42.7 Å². The Bertz CT molecular complexity index is 986. The third-order valence-electron chi connectivity index (χ3n) is 4.53. The highest BCUT2D eigenvalue weighted by Gasteiger charge is 2.20. The molecule has 2 aromatic heterocycles. The molecule has 3 heterocycles. The highest BCUT2D eigenvalue weighted by Crippen LogP contribution is 2.22. The Kier molecular flexibility index (Phi) is 4.42. The second-order valence-corrected chi connectivity index (χ2v) is 6.37. The minimum Gasteiger partial charge on any atom is -0.368 e. The summed E-state index contributed by atoms with van der Waals surface area (Å²) in [6, 6.07) is 10.2. The molecule has 0 unspecified atom stereocenters. The normalized spacial score (nSPS) is 14.3. The molecule has 3 aromatic rings. The lowest BCUT2D eigenvalue weighted by Crippen LogP contribution is -2.47. The van der Waals surface area contributed by atoms with Gasteiger partial charge in [-0.05, 0) is 31.2 Å². The van der Waals surface area contributed by atoms with Crippen LogP contribution in [0.3, 0.4) is 0 Å². The first-order chi connectivity index (χ1) is 13.1. The lowest BCUT2D eigenvalue weighted by Gasteiger charge is -2.37. The van der Waals surface area contributed by atoms with Crippen LogP contribution in [0.2, 0.25) is 0 Å². The second-order valence-electron chi connectivity index (χ2n) is 6.37. The van der Waals surface area contributed by atoms with Crippen molar-refractivity contribution in [3.05, 3.63) is 59.9 Å². The smallest absolute Gasteiger partial charge is 0.159 e. The van der Waals surface area contributed by atoms with E-state index in [-0.39, 0.29) is 5.82 Å². The number of halogens is 1. The number of hydrogen-bond donors (Lipinski definition) is 0. The Morgan fingerprint density at radius 2 is 1.74 bits per heavy atom. The monoisotopic (exact) mass is 363 g/mol. The van der Waals surface area contributed by atoms with E-state index in [2.05, 4.69) is 24.9 Å². The molecule has 0 radical (unpaired) electrons. The standard InChI is InChI=1S/C19H18FN7/c1-14-23-18(12-19(24-14)27-4-2-3-22-27)26-7-5-25(6-8-26)17-10-15(13-21)9-16(20)11-17/h2-4,9-12H,5-8H2,1H3. The number of rotatable bonds is 3. The van der Waals surface area contributed by atoms with Gasteiger partial charge in [-0.1, -0.05) is 0 Å². The van der Waals surface area contributed by atoms with Gasteiger partial charge in [-0.15, -0.1) is 0 Å². The van der Waals surface area contributed by atoms with Crippen LogP contribution in [-0.4, -0.2) is 45.9 Å². The molecule has 1 saturated heterocycles. The fraction of sp³-hybridized carbons (Fsp3) is 0.263. The van der Waals surface area contributed by atoms with Crippen LogP contribution in [0.1, 0.15) is 11.4 Å². The van der Waals surface area contributed by atoms with Gasteiger partial charge in [0.1, 0.15) is 17.5 Å². The van der Waals surface area contributed by atoms with Crippen molar-refractivity contribution in [1.29, 1.82) is 5.26 Å². The molecule has 0 N–H and O–H groups in total. The van der Waals surface area contributed by atoms with Gasteiger partial charge in [-0.25, -0.2) is 19.0 Å². The van der Waals surface area contributed by atoms with Crippen LogP contribution in [0, 0.1) is 24.1 Å². The van der Waals surface area contributed by atoms with Gasteiger partial charge in [0, 0.05) is 50.3 Å². The number of piperazine rings is 1. The average Bonchev–Trinajstić information content (AvgIpc) is 3.22. The maximum Gasteiger partial charge on any atom is 0.159 e. The summed E-state index contributed by atoms with van der Waals surface area (Å²) >= 11 is 0. The summed E-state index contributed by atoms with van der Waals surface area (Å²) in [5, 5.41) is 13.3. The van der Waals surface area contributed by atoms with E-state index in [1.165, 1.54) is 12.1 Å². The van der Waals surface area contributed by atoms with Crippen LogP contribution in [0.5, 0.6) is 0 Å². The van der Waals surface area contributed by atoms with E-state index in [4.69, 9.17) is 5.26 Å². The van der Waals surface area contributed by atoms with Crippen LogP contribution in [0.4, 0.5) is 15.9 Å². The molecular weight excluding hydrogens is 345 g/mol. The van der Waals surface area contributed by atoms with E-state index in [1.807, 2.05) is 31.3 Å². The molecule has 0 saturated carbocycles. The molecule has 27 heavy (non-hydrogen) atoms. The van der Waals surface area contributed by atoms with Crippen molar-refractivity contribution >= 4 is 11.5 Å². The molecule has 0 aliphatic carbocycles. The summed E-state index contributed by atoms with van der Waals surface area (Å²) in [7, 11) is 0. The molecular formula is C19H18FN7. The third kappa shape index (κ3) is 3.58. The number of nitriles is 1. The Balaban J connectivity index is 1.52. The molecule has 1 fully saturated rings. The molecule has 1 aromatic carbocycles. The zero-order valence-corrected chi connectivity index (χ0v) is 14.9. The molecule has 1 aliphatic rings. The molecule has 1 aliphatic heterocycles. The van der Waals surface area contributed by atoms with Crippen LogP contribution < -0.4 is 9.80 Å². The van der Waals surface area contributed by atoms with Crippen molar-refractivity contribution in [2.45, 2.75) is 6.92 Å². The summed E-state index contributed by atoms with van der Waals surface area (Å²) in [5.41, 5.74) is 1.07. The van der Waals surface area contributed by atoms with Crippen molar-refractivity contribution in [1.82, 2.24) is 19.7 Å². The van der Waals surface area contributed by atoms with Crippen molar-refractivity contribution < 1.29 is 4.39 Å². The maximum atomic E-state index is 13.7. The second kappa shape index (κ2) is 7.03. The zero-order valence-electron chi connectivity index (χ0n) is 14.9. The topological polar surface area (TPSA) is 73.9 Å². The lowest BCUT2D eigenvalue weighted by atomic mass is 10.1. The quantitative estimate of drug-likeness (QED) is 0.711. The van der Waals surface area contributed by atoms with Crippen LogP contribution >= 0.6 is 0 Å².